The summed E-state index contributed by atoms with van der Waals surface area (Å²) in [5.74, 6) is -2.24. The minimum atomic E-state index is -0.726. The van der Waals surface area contributed by atoms with E-state index >= 15 is 0 Å². The highest BCUT2D eigenvalue weighted by atomic mass is 19.1. The van der Waals surface area contributed by atoms with Gasteiger partial charge in [0.05, 0.1) is 48.4 Å². The van der Waals surface area contributed by atoms with Crippen LogP contribution in [0.5, 0.6) is 0 Å². The molecule has 3 aromatic rings. The molecule has 0 radical (unpaired) electrons. The van der Waals surface area contributed by atoms with E-state index in [1.165, 1.54) is 12.1 Å². The molecule has 10 heteroatoms. The molecule has 0 unspecified atom stereocenters. The van der Waals surface area contributed by atoms with E-state index in [1.807, 2.05) is 0 Å². The van der Waals surface area contributed by atoms with Crippen LogP contribution in [-0.4, -0.2) is 33.0 Å². The van der Waals surface area contributed by atoms with Crippen LogP contribution in [0, 0.1) is 11.6 Å². The van der Waals surface area contributed by atoms with Crippen LogP contribution in [0.1, 0.15) is 70.1 Å². The Labute approximate surface area is 195 Å². The van der Waals surface area contributed by atoms with Gasteiger partial charge in [0.15, 0.2) is 0 Å². The van der Waals surface area contributed by atoms with Crippen LogP contribution in [0.15, 0.2) is 42.9 Å². The summed E-state index contributed by atoms with van der Waals surface area (Å²) in [6.45, 7) is 4.55. The van der Waals surface area contributed by atoms with Crippen molar-refractivity contribution in [3.63, 3.8) is 0 Å². The summed E-state index contributed by atoms with van der Waals surface area (Å²) >= 11 is 0. The fourth-order valence-corrected chi connectivity index (χ4v) is 4.01. The van der Waals surface area contributed by atoms with Gasteiger partial charge < -0.3 is 19.9 Å². The van der Waals surface area contributed by atoms with Crippen molar-refractivity contribution in [2.75, 3.05) is 6.61 Å². The predicted molar refractivity (Wildman–Crippen MR) is 119 cm³/mol. The summed E-state index contributed by atoms with van der Waals surface area (Å²) in [5, 5.41) is 5.69. The number of halogens is 2. The highest BCUT2D eigenvalue weighted by Gasteiger charge is 2.28. The van der Waals surface area contributed by atoms with E-state index < -0.39 is 29.6 Å². The first-order chi connectivity index (χ1) is 16.4. The Kier molecular flexibility index (Phi) is 6.97. The molecule has 3 heterocycles. The number of rotatable bonds is 7. The van der Waals surface area contributed by atoms with Crippen molar-refractivity contribution in [3.05, 3.63) is 82.7 Å². The summed E-state index contributed by atoms with van der Waals surface area (Å²) in [7, 11) is 0. The lowest BCUT2D eigenvalue weighted by molar-refractivity contribution is 0.0773. The van der Waals surface area contributed by atoms with E-state index in [0.29, 0.717) is 36.5 Å². The quantitative estimate of drug-likeness (QED) is 0.552. The number of hydrogen-bond acceptors (Lipinski definition) is 5. The van der Waals surface area contributed by atoms with Crippen molar-refractivity contribution in [3.8, 4) is 0 Å². The minimum Gasteiger partial charge on any atom is -0.373 e. The number of amides is 2. The maximum atomic E-state index is 14.3. The zero-order valence-corrected chi connectivity index (χ0v) is 18.8. The number of aromatic nitrogens is 3. The third-order valence-electron chi connectivity index (χ3n) is 5.81. The van der Waals surface area contributed by atoms with Crippen LogP contribution in [0.2, 0.25) is 0 Å². The standard InChI is InChI=1S/C24H25F2N5O3/c1-3-19(16-5-4-15(25)10-18(16)26)30-24(33)21-11-17(22-13-34-9-8-31(21)22)23(32)29-14(2)20-12-27-6-7-28-20/h4-7,10-12,14,19H,3,8-9,13H2,1-2H3,(H,29,32)(H,30,33)/t14-,19-/m1/s1. The maximum Gasteiger partial charge on any atom is 0.268 e. The van der Waals surface area contributed by atoms with Crippen LogP contribution in [-0.2, 0) is 17.9 Å². The first-order valence-electron chi connectivity index (χ1n) is 11.0. The molecule has 0 aliphatic carbocycles. The first-order valence-corrected chi connectivity index (χ1v) is 11.0. The average molecular weight is 469 g/mol. The normalized spacial score (nSPS) is 14.7. The van der Waals surface area contributed by atoms with Gasteiger partial charge in [0.25, 0.3) is 11.8 Å². The van der Waals surface area contributed by atoms with Crippen LogP contribution < -0.4 is 10.6 Å². The lowest BCUT2D eigenvalue weighted by Gasteiger charge is -2.21. The molecule has 0 saturated heterocycles. The smallest absolute Gasteiger partial charge is 0.268 e. The molecular weight excluding hydrogens is 444 g/mol. The topological polar surface area (TPSA) is 98.1 Å². The zero-order valence-electron chi connectivity index (χ0n) is 18.8. The Balaban J connectivity index is 1.58. The molecule has 0 spiro atoms. The molecule has 2 aromatic heterocycles. The van der Waals surface area contributed by atoms with Crippen LogP contribution >= 0.6 is 0 Å². The van der Waals surface area contributed by atoms with Crippen molar-refractivity contribution >= 4 is 11.8 Å². The number of nitrogens with one attached hydrogen (secondary N) is 2. The number of ether oxygens (including phenoxy) is 1. The highest BCUT2D eigenvalue weighted by molar-refractivity contribution is 6.01. The van der Waals surface area contributed by atoms with E-state index in [9.17, 15) is 18.4 Å². The number of nitrogens with zero attached hydrogens (tertiary/aromatic N) is 3. The van der Waals surface area contributed by atoms with Crippen molar-refractivity contribution in [2.45, 2.75) is 45.5 Å². The maximum absolute atomic E-state index is 14.3. The molecule has 0 fully saturated rings. The summed E-state index contributed by atoms with van der Waals surface area (Å²) < 4.78 is 34.9. The Bertz CT molecular complexity index is 1200. The third-order valence-corrected chi connectivity index (χ3v) is 5.81. The Hall–Kier alpha value is -3.66. The Morgan fingerprint density at radius 2 is 2.00 bits per heavy atom. The lowest BCUT2D eigenvalue weighted by Crippen LogP contribution is -2.32. The monoisotopic (exact) mass is 469 g/mol. The molecule has 0 bridgehead atoms. The number of hydrogen-bond donors (Lipinski definition) is 2. The molecule has 2 amide bonds. The number of fused-ring (bicyclic) bond motifs is 1. The average Bonchev–Trinajstić information content (AvgIpc) is 3.23. The fourth-order valence-electron chi connectivity index (χ4n) is 4.01. The van der Waals surface area contributed by atoms with Crippen molar-refractivity contribution in [1.29, 1.82) is 0 Å². The van der Waals surface area contributed by atoms with Crippen LogP contribution in [0.3, 0.4) is 0 Å². The number of carbonyl (C=O) groups excluding carboxylic acids is 2. The first kappa shape index (κ1) is 23.5. The van der Waals surface area contributed by atoms with Gasteiger partial charge in [-0.15, -0.1) is 0 Å². The summed E-state index contributed by atoms with van der Waals surface area (Å²) in [5.41, 5.74) is 1.98. The second-order valence-electron chi connectivity index (χ2n) is 8.02. The van der Waals surface area contributed by atoms with Crippen molar-refractivity contribution < 1.29 is 23.1 Å². The van der Waals surface area contributed by atoms with Gasteiger partial charge in [0.2, 0.25) is 0 Å². The Morgan fingerprint density at radius 1 is 1.18 bits per heavy atom. The van der Waals surface area contributed by atoms with E-state index in [0.717, 1.165) is 12.1 Å². The summed E-state index contributed by atoms with van der Waals surface area (Å²) in [4.78, 5) is 34.5. The van der Waals surface area contributed by atoms with Gasteiger partial charge in [0, 0.05) is 30.6 Å². The predicted octanol–water partition coefficient (Wildman–Crippen LogP) is 3.46. The van der Waals surface area contributed by atoms with Crippen LogP contribution in [0.25, 0.3) is 0 Å². The molecule has 1 aromatic carbocycles. The van der Waals surface area contributed by atoms with Gasteiger partial charge in [-0.25, -0.2) is 8.78 Å². The van der Waals surface area contributed by atoms with E-state index in [-0.39, 0.29) is 23.8 Å². The van der Waals surface area contributed by atoms with Gasteiger partial charge in [-0.05, 0) is 25.5 Å². The summed E-state index contributed by atoms with van der Waals surface area (Å²) in [6, 6.07) is 3.74. The molecule has 178 valence electrons. The SMILES string of the molecule is CC[C@@H](NC(=O)c1cc(C(=O)N[C@H](C)c2cnccn2)c2n1CCOC2)c1ccc(F)cc1F. The molecule has 34 heavy (non-hydrogen) atoms. The zero-order chi connectivity index (χ0) is 24.2. The van der Waals surface area contributed by atoms with Gasteiger partial charge in [0.1, 0.15) is 17.3 Å². The Morgan fingerprint density at radius 3 is 2.71 bits per heavy atom. The van der Waals surface area contributed by atoms with Gasteiger partial charge >= 0.3 is 0 Å². The second kappa shape index (κ2) is 10.1. The number of benzene rings is 1. The highest BCUT2D eigenvalue weighted by Crippen LogP contribution is 2.25. The third kappa shape index (κ3) is 4.81. The van der Waals surface area contributed by atoms with E-state index in [2.05, 4.69) is 20.6 Å². The molecule has 4 rings (SSSR count). The molecule has 2 N–H and O–H groups in total. The van der Waals surface area contributed by atoms with Crippen LogP contribution in [0.4, 0.5) is 8.78 Å². The minimum absolute atomic E-state index is 0.180. The molecule has 8 nitrogen and oxygen atoms in total. The molecular formula is C24H25F2N5O3. The molecule has 0 saturated carbocycles. The van der Waals surface area contributed by atoms with Crippen molar-refractivity contribution in [1.82, 2.24) is 25.2 Å². The largest absolute Gasteiger partial charge is 0.373 e. The van der Waals surface area contributed by atoms with E-state index in [1.54, 1.807) is 37.0 Å². The van der Waals surface area contributed by atoms with Crippen molar-refractivity contribution in [2.24, 2.45) is 0 Å². The fraction of sp³-hybridized carbons (Fsp3) is 0.333. The van der Waals surface area contributed by atoms with Gasteiger partial charge in [-0.1, -0.05) is 13.0 Å². The second-order valence-corrected chi connectivity index (χ2v) is 8.02. The molecule has 1 aliphatic rings. The van der Waals surface area contributed by atoms with E-state index in [4.69, 9.17) is 4.74 Å². The molecule has 2 atom stereocenters. The molecule has 1 aliphatic heterocycles. The summed E-state index contributed by atoms with van der Waals surface area (Å²) in [6.07, 6.45) is 5.06. The van der Waals surface area contributed by atoms with Gasteiger partial charge in [-0.2, -0.15) is 0 Å². The van der Waals surface area contributed by atoms with Gasteiger partial charge in [-0.3, -0.25) is 19.6 Å². The number of carbonyl (C=O) groups is 2. The lowest BCUT2D eigenvalue weighted by atomic mass is 10.0.